The SMILES string of the molecule is COc1ccc(OCCC(=O)NCc2ccccc2Cl)cc1. The third-order valence-electron chi connectivity index (χ3n) is 3.09. The number of rotatable bonds is 7. The fourth-order valence-electron chi connectivity index (χ4n) is 1.86. The molecule has 0 radical (unpaired) electrons. The molecule has 0 aliphatic carbocycles. The van der Waals surface area contributed by atoms with Gasteiger partial charge < -0.3 is 14.8 Å². The molecule has 0 aliphatic heterocycles. The van der Waals surface area contributed by atoms with Crippen molar-refractivity contribution in [2.75, 3.05) is 13.7 Å². The van der Waals surface area contributed by atoms with Crippen molar-refractivity contribution in [3.8, 4) is 11.5 Å². The van der Waals surface area contributed by atoms with Crippen molar-refractivity contribution in [3.63, 3.8) is 0 Å². The average molecular weight is 320 g/mol. The first-order chi connectivity index (χ1) is 10.7. The molecule has 0 atom stereocenters. The fourth-order valence-corrected chi connectivity index (χ4v) is 2.06. The smallest absolute Gasteiger partial charge is 0.223 e. The van der Waals surface area contributed by atoms with Crippen LogP contribution >= 0.6 is 11.6 Å². The molecule has 2 aromatic carbocycles. The quantitative estimate of drug-likeness (QED) is 0.850. The van der Waals surface area contributed by atoms with Crippen molar-refractivity contribution >= 4 is 17.5 Å². The molecule has 1 N–H and O–H groups in total. The Morgan fingerprint density at radius 1 is 1.09 bits per heavy atom. The van der Waals surface area contributed by atoms with Crippen LogP contribution in [0.15, 0.2) is 48.5 Å². The number of methoxy groups -OCH3 is 1. The maximum absolute atomic E-state index is 11.8. The standard InChI is InChI=1S/C17H18ClNO3/c1-21-14-6-8-15(9-7-14)22-11-10-17(20)19-12-13-4-2-3-5-16(13)18/h2-9H,10-12H2,1H3,(H,19,20). The Bertz CT molecular complexity index is 614. The van der Waals surface area contributed by atoms with Crippen LogP contribution in [0.4, 0.5) is 0 Å². The van der Waals surface area contributed by atoms with Crippen LogP contribution in [0.25, 0.3) is 0 Å². The summed E-state index contributed by atoms with van der Waals surface area (Å²) in [7, 11) is 1.61. The Balaban J connectivity index is 1.70. The number of amides is 1. The molecule has 0 spiro atoms. The van der Waals surface area contributed by atoms with Crippen LogP contribution < -0.4 is 14.8 Å². The van der Waals surface area contributed by atoms with E-state index in [2.05, 4.69) is 5.32 Å². The number of carbonyl (C=O) groups excluding carboxylic acids is 1. The van der Waals surface area contributed by atoms with Crippen molar-refractivity contribution in [3.05, 3.63) is 59.1 Å². The Labute approximate surface area is 135 Å². The summed E-state index contributed by atoms with van der Waals surface area (Å²) in [6.45, 7) is 0.738. The van der Waals surface area contributed by atoms with Crippen LogP contribution in [0.1, 0.15) is 12.0 Å². The molecule has 0 unspecified atom stereocenters. The first-order valence-corrected chi connectivity index (χ1v) is 7.34. The predicted molar refractivity (Wildman–Crippen MR) is 86.4 cm³/mol. The first kappa shape index (κ1) is 16.2. The number of halogens is 1. The minimum absolute atomic E-state index is 0.0755. The van der Waals surface area contributed by atoms with E-state index < -0.39 is 0 Å². The van der Waals surface area contributed by atoms with Gasteiger partial charge >= 0.3 is 0 Å². The van der Waals surface area contributed by atoms with Crippen molar-refractivity contribution in [2.24, 2.45) is 0 Å². The molecular formula is C17H18ClNO3. The molecule has 116 valence electrons. The summed E-state index contributed by atoms with van der Waals surface area (Å²) in [6, 6.07) is 14.7. The zero-order valence-electron chi connectivity index (χ0n) is 12.3. The fraction of sp³-hybridized carbons (Fsp3) is 0.235. The topological polar surface area (TPSA) is 47.6 Å². The lowest BCUT2D eigenvalue weighted by atomic mass is 10.2. The summed E-state index contributed by atoms with van der Waals surface area (Å²) in [5, 5.41) is 3.47. The van der Waals surface area contributed by atoms with Gasteiger partial charge in [0.15, 0.2) is 0 Å². The molecule has 2 rings (SSSR count). The van der Waals surface area contributed by atoms with Gasteiger partial charge in [-0.15, -0.1) is 0 Å². The molecule has 2 aromatic rings. The molecule has 0 heterocycles. The van der Waals surface area contributed by atoms with Crippen LogP contribution in [-0.2, 0) is 11.3 Å². The number of carbonyl (C=O) groups is 1. The van der Waals surface area contributed by atoms with Crippen LogP contribution in [0.3, 0.4) is 0 Å². The lowest BCUT2D eigenvalue weighted by Gasteiger charge is -2.08. The predicted octanol–water partition coefficient (Wildman–Crippen LogP) is 3.43. The van der Waals surface area contributed by atoms with E-state index in [1.165, 1.54) is 0 Å². The highest BCUT2D eigenvalue weighted by molar-refractivity contribution is 6.31. The number of hydrogen-bond acceptors (Lipinski definition) is 3. The van der Waals surface area contributed by atoms with Gasteiger partial charge in [-0.05, 0) is 35.9 Å². The minimum atomic E-state index is -0.0755. The van der Waals surface area contributed by atoms with E-state index in [1.54, 1.807) is 25.3 Å². The van der Waals surface area contributed by atoms with Gasteiger partial charge in [0.25, 0.3) is 0 Å². The summed E-state index contributed by atoms with van der Waals surface area (Å²) >= 11 is 6.03. The Morgan fingerprint density at radius 2 is 1.77 bits per heavy atom. The summed E-state index contributed by atoms with van der Waals surface area (Å²) in [4.78, 5) is 11.8. The summed E-state index contributed by atoms with van der Waals surface area (Å²) < 4.78 is 10.6. The lowest BCUT2D eigenvalue weighted by Crippen LogP contribution is -2.24. The van der Waals surface area contributed by atoms with Gasteiger partial charge in [0.05, 0.1) is 20.1 Å². The van der Waals surface area contributed by atoms with E-state index in [-0.39, 0.29) is 12.3 Å². The lowest BCUT2D eigenvalue weighted by molar-refractivity contribution is -0.121. The Morgan fingerprint density at radius 3 is 2.45 bits per heavy atom. The first-order valence-electron chi connectivity index (χ1n) is 6.96. The Kier molecular flexibility index (Phi) is 6.10. The minimum Gasteiger partial charge on any atom is -0.497 e. The van der Waals surface area contributed by atoms with Gasteiger partial charge in [-0.25, -0.2) is 0 Å². The molecule has 0 aromatic heterocycles. The number of ether oxygens (including phenoxy) is 2. The van der Waals surface area contributed by atoms with Crippen molar-refractivity contribution in [1.29, 1.82) is 0 Å². The summed E-state index contributed by atoms with van der Waals surface area (Å²) in [6.07, 6.45) is 0.288. The zero-order valence-corrected chi connectivity index (χ0v) is 13.1. The van der Waals surface area contributed by atoms with E-state index in [9.17, 15) is 4.79 Å². The monoisotopic (exact) mass is 319 g/mol. The Hall–Kier alpha value is -2.20. The molecule has 0 saturated heterocycles. The van der Waals surface area contributed by atoms with Gasteiger partial charge in [-0.3, -0.25) is 4.79 Å². The van der Waals surface area contributed by atoms with E-state index in [0.29, 0.717) is 23.9 Å². The van der Waals surface area contributed by atoms with E-state index in [0.717, 1.165) is 11.3 Å². The number of nitrogens with one attached hydrogen (secondary N) is 1. The van der Waals surface area contributed by atoms with Gasteiger partial charge in [0, 0.05) is 11.6 Å². The summed E-state index contributed by atoms with van der Waals surface area (Å²) in [5.41, 5.74) is 0.897. The second-order valence-electron chi connectivity index (χ2n) is 4.64. The molecular weight excluding hydrogens is 302 g/mol. The third kappa shape index (κ3) is 4.97. The molecule has 0 fully saturated rings. The van der Waals surface area contributed by atoms with Gasteiger partial charge in [-0.2, -0.15) is 0 Å². The zero-order chi connectivity index (χ0) is 15.8. The average Bonchev–Trinajstić information content (AvgIpc) is 2.55. The van der Waals surface area contributed by atoms with Crippen molar-refractivity contribution < 1.29 is 14.3 Å². The molecule has 1 amide bonds. The van der Waals surface area contributed by atoms with E-state index in [4.69, 9.17) is 21.1 Å². The van der Waals surface area contributed by atoms with Crippen LogP contribution in [0.5, 0.6) is 11.5 Å². The van der Waals surface area contributed by atoms with Gasteiger partial charge in [-0.1, -0.05) is 29.8 Å². The van der Waals surface area contributed by atoms with Crippen LogP contribution in [-0.4, -0.2) is 19.6 Å². The summed E-state index contributed by atoms with van der Waals surface area (Å²) in [5.74, 6) is 1.40. The molecule has 22 heavy (non-hydrogen) atoms. The molecule has 0 saturated carbocycles. The maximum Gasteiger partial charge on any atom is 0.223 e. The molecule has 4 nitrogen and oxygen atoms in total. The second-order valence-corrected chi connectivity index (χ2v) is 5.05. The van der Waals surface area contributed by atoms with Crippen LogP contribution in [0, 0.1) is 0 Å². The van der Waals surface area contributed by atoms with Gasteiger partial charge in [0.1, 0.15) is 11.5 Å². The number of benzene rings is 2. The van der Waals surface area contributed by atoms with E-state index >= 15 is 0 Å². The third-order valence-corrected chi connectivity index (χ3v) is 3.46. The van der Waals surface area contributed by atoms with Crippen molar-refractivity contribution in [2.45, 2.75) is 13.0 Å². The number of hydrogen-bond donors (Lipinski definition) is 1. The molecule has 0 bridgehead atoms. The highest BCUT2D eigenvalue weighted by atomic mass is 35.5. The van der Waals surface area contributed by atoms with Gasteiger partial charge in [0.2, 0.25) is 5.91 Å². The highest BCUT2D eigenvalue weighted by Gasteiger charge is 2.04. The second kappa shape index (κ2) is 8.29. The highest BCUT2D eigenvalue weighted by Crippen LogP contribution is 2.17. The van der Waals surface area contributed by atoms with Crippen molar-refractivity contribution in [1.82, 2.24) is 5.32 Å². The molecule has 0 aliphatic rings. The normalized spacial score (nSPS) is 10.1. The maximum atomic E-state index is 11.8. The van der Waals surface area contributed by atoms with Crippen LogP contribution in [0.2, 0.25) is 5.02 Å². The largest absolute Gasteiger partial charge is 0.497 e. The molecule has 5 heteroatoms. The van der Waals surface area contributed by atoms with E-state index in [1.807, 2.05) is 30.3 Å².